The lowest BCUT2D eigenvalue weighted by atomic mass is 10.00. The Kier molecular flexibility index (Phi) is 5.98. The molecule has 0 spiro atoms. The lowest BCUT2D eigenvalue weighted by Crippen LogP contribution is -2.34. The van der Waals surface area contributed by atoms with Gasteiger partial charge in [0.1, 0.15) is 11.4 Å². The standard InChI is InChI=1S/C22H27N3O2S/c1-13(2)10-17-6-8-18(9-7-17)15(4)24-19(26)11-25-12-23-21-20(22(25)27)14(3)16(5)28-21/h6-9,12-13,15H,10-11H2,1-5H3,(H,24,26)/t15-/m0/s1. The van der Waals surface area contributed by atoms with Crippen LogP contribution in [0.5, 0.6) is 0 Å². The number of hydrogen-bond acceptors (Lipinski definition) is 4. The first kappa shape index (κ1) is 20.3. The Labute approximate surface area is 169 Å². The lowest BCUT2D eigenvalue weighted by Gasteiger charge is -2.16. The summed E-state index contributed by atoms with van der Waals surface area (Å²) in [5.74, 6) is 0.412. The smallest absolute Gasteiger partial charge is 0.262 e. The molecule has 0 bridgehead atoms. The Morgan fingerprint density at radius 1 is 1.18 bits per heavy atom. The van der Waals surface area contributed by atoms with E-state index in [0.717, 1.165) is 27.3 Å². The van der Waals surface area contributed by atoms with E-state index in [9.17, 15) is 9.59 Å². The summed E-state index contributed by atoms with van der Waals surface area (Å²) in [6, 6.07) is 8.21. The van der Waals surface area contributed by atoms with Crippen LogP contribution in [-0.2, 0) is 17.8 Å². The zero-order valence-corrected chi connectivity index (χ0v) is 17.9. The van der Waals surface area contributed by atoms with E-state index < -0.39 is 0 Å². The Balaban J connectivity index is 1.70. The summed E-state index contributed by atoms with van der Waals surface area (Å²) in [7, 11) is 0. The third-order valence-corrected chi connectivity index (χ3v) is 6.09. The quantitative estimate of drug-likeness (QED) is 0.680. The predicted molar refractivity (Wildman–Crippen MR) is 115 cm³/mol. The molecule has 0 unspecified atom stereocenters. The third kappa shape index (κ3) is 4.33. The Hall–Kier alpha value is -2.47. The Bertz CT molecular complexity index is 1050. The molecular weight excluding hydrogens is 370 g/mol. The second kappa shape index (κ2) is 8.27. The first-order valence-corrected chi connectivity index (χ1v) is 10.4. The van der Waals surface area contributed by atoms with E-state index >= 15 is 0 Å². The van der Waals surface area contributed by atoms with Crippen molar-refractivity contribution < 1.29 is 4.79 Å². The summed E-state index contributed by atoms with van der Waals surface area (Å²) in [4.78, 5) is 31.4. The first-order chi connectivity index (χ1) is 13.3. The minimum absolute atomic E-state index is 0.0358. The summed E-state index contributed by atoms with van der Waals surface area (Å²) in [6.07, 6.45) is 2.51. The molecule has 0 aliphatic heterocycles. The van der Waals surface area contributed by atoms with Gasteiger partial charge in [-0.1, -0.05) is 38.1 Å². The molecule has 1 aromatic carbocycles. The fourth-order valence-corrected chi connectivity index (χ4v) is 4.31. The van der Waals surface area contributed by atoms with E-state index in [2.05, 4.69) is 48.4 Å². The topological polar surface area (TPSA) is 64.0 Å². The minimum atomic E-state index is -0.202. The van der Waals surface area contributed by atoms with Crippen LogP contribution in [0, 0.1) is 19.8 Å². The maximum atomic E-state index is 12.7. The van der Waals surface area contributed by atoms with Crippen molar-refractivity contribution in [3.63, 3.8) is 0 Å². The molecule has 0 aliphatic carbocycles. The molecule has 3 rings (SSSR count). The molecule has 2 aromatic heterocycles. The van der Waals surface area contributed by atoms with E-state index in [0.29, 0.717) is 11.3 Å². The number of rotatable bonds is 6. The molecule has 1 N–H and O–H groups in total. The van der Waals surface area contributed by atoms with E-state index in [1.54, 1.807) is 0 Å². The molecule has 6 heteroatoms. The molecule has 0 radical (unpaired) electrons. The maximum Gasteiger partial charge on any atom is 0.262 e. The molecule has 0 fully saturated rings. The Morgan fingerprint density at radius 2 is 1.86 bits per heavy atom. The maximum absolute atomic E-state index is 12.7. The first-order valence-electron chi connectivity index (χ1n) is 9.59. The summed E-state index contributed by atoms with van der Waals surface area (Å²) in [5.41, 5.74) is 3.13. The molecule has 1 amide bonds. The van der Waals surface area contributed by atoms with Crippen molar-refractivity contribution in [1.29, 1.82) is 0 Å². The van der Waals surface area contributed by atoms with Gasteiger partial charge in [0.25, 0.3) is 5.56 Å². The van der Waals surface area contributed by atoms with Crippen LogP contribution in [0.25, 0.3) is 10.2 Å². The average molecular weight is 398 g/mol. The molecule has 0 aliphatic rings. The number of thiophene rings is 1. The molecule has 3 aromatic rings. The highest BCUT2D eigenvalue weighted by atomic mass is 32.1. The van der Waals surface area contributed by atoms with Crippen molar-refractivity contribution >= 4 is 27.5 Å². The number of benzene rings is 1. The van der Waals surface area contributed by atoms with Gasteiger partial charge in [-0.3, -0.25) is 14.2 Å². The van der Waals surface area contributed by atoms with E-state index in [-0.39, 0.29) is 24.1 Å². The van der Waals surface area contributed by atoms with Gasteiger partial charge in [-0.25, -0.2) is 4.98 Å². The molecule has 1 atom stereocenters. The molecule has 148 valence electrons. The SMILES string of the molecule is Cc1sc2ncn(CC(=O)N[C@@H](C)c3ccc(CC(C)C)cc3)c(=O)c2c1C. The highest BCUT2D eigenvalue weighted by molar-refractivity contribution is 7.18. The molecule has 0 saturated carbocycles. The number of carbonyl (C=O) groups is 1. The van der Waals surface area contributed by atoms with Gasteiger partial charge in [-0.15, -0.1) is 11.3 Å². The van der Waals surface area contributed by atoms with Crippen LogP contribution in [0.15, 0.2) is 35.4 Å². The highest BCUT2D eigenvalue weighted by Gasteiger charge is 2.15. The van der Waals surface area contributed by atoms with Crippen molar-refractivity contribution in [2.45, 2.75) is 53.6 Å². The molecule has 28 heavy (non-hydrogen) atoms. The van der Waals surface area contributed by atoms with Gasteiger partial charge in [0.2, 0.25) is 5.91 Å². The zero-order valence-electron chi connectivity index (χ0n) is 17.1. The zero-order chi connectivity index (χ0) is 20.4. The molecule has 5 nitrogen and oxygen atoms in total. The second-order valence-corrected chi connectivity index (χ2v) is 8.97. The highest BCUT2D eigenvalue weighted by Crippen LogP contribution is 2.25. The van der Waals surface area contributed by atoms with Crippen LogP contribution in [0.3, 0.4) is 0 Å². The lowest BCUT2D eigenvalue weighted by molar-refractivity contribution is -0.122. The third-order valence-electron chi connectivity index (χ3n) is 4.97. The monoisotopic (exact) mass is 397 g/mol. The van der Waals surface area contributed by atoms with Crippen molar-refractivity contribution in [1.82, 2.24) is 14.9 Å². The van der Waals surface area contributed by atoms with Crippen molar-refractivity contribution in [3.8, 4) is 0 Å². The number of aromatic nitrogens is 2. The van der Waals surface area contributed by atoms with Crippen molar-refractivity contribution in [2.24, 2.45) is 5.92 Å². The fraction of sp³-hybridized carbons (Fsp3) is 0.409. The van der Waals surface area contributed by atoms with Crippen LogP contribution in [0.4, 0.5) is 0 Å². The van der Waals surface area contributed by atoms with Gasteiger partial charge in [0.15, 0.2) is 0 Å². The van der Waals surface area contributed by atoms with Crippen molar-refractivity contribution in [2.75, 3.05) is 0 Å². The summed E-state index contributed by atoms with van der Waals surface area (Å²) in [6.45, 7) is 10.2. The van der Waals surface area contributed by atoms with Crippen LogP contribution in [0.2, 0.25) is 0 Å². The minimum Gasteiger partial charge on any atom is -0.348 e. The van der Waals surface area contributed by atoms with Crippen molar-refractivity contribution in [3.05, 3.63) is 62.5 Å². The number of amides is 1. The number of fused-ring (bicyclic) bond motifs is 1. The number of nitrogens with zero attached hydrogens (tertiary/aromatic N) is 2. The van der Waals surface area contributed by atoms with E-state index in [4.69, 9.17) is 0 Å². The van der Waals surface area contributed by atoms with Gasteiger partial charge in [0.05, 0.1) is 17.8 Å². The molecular formula is C22H27N3O2S. The van der Waals surface area contributed by atoms with Gasteiger partial charge in [-0.05, 0) is 49.8 Å². The largest absolute Gasteiger partial charge is 0.348 e. The normalized spacial score (nSPS) is 12.5. The average Bonchev–Trinajstić information content (AvgIpc) is 2.92. The number of nitrogens with one attached hydrogen (secondary N) is 1. The van der Waals surface area contributed by atoms with Gasteiger partial charge in [-0.2, -0.15) is 0 Å². The summed E-state index contributed by atoms with van der Waals surface area (Å²) in [5, 5.41) is 3.59. The molecule has 2 heterocycles. The van der Waals surface area contributed by atoms with Gasteiger partial charge in [0, 0.05) is 4.88 Å². The van der Waals surface area contributed by atoms with Crippen LogP contribution >= 0.6 is 11.3 Å². The fourth-order valence-electron chi connectivity index (χ4n) is 3.32. The van der Waals surface area contributed by atoms with Gasteiger partial charge < -0.3 is 5.32 Å². The second-order valence-electron chi connectivity index (χ2n) is 7.77. The summed E-state index contributed by atoms with van der Waals surface area (Å²) >= 11 is 1.51. The number of aryl methyl sites for hydroxylation is 2. The Morgan fingerprint density at radius 3 is 2.50 bits per heavy atom. The van der Waals surface area contributed by atoms with Crippen LogP contribution in [-0.4, -0.2) is 15.5 Å². The summed E-state index contributed by atoms with van der Waals surface area (Å²) < 4.78 is 1.38. The number of hydrogen-bond donors (Lipinski definition) is 1. The molecule has 0 saturated heterocycles. The van der Waals surface area contributed by atoms with Crippen LogP contribution < -0.4 is 10.9 Å². The van der Waals surface area contributed by atoms with E-state index in [1.807, 2.05) is 20.8 Å². The predicted octanol–water partition coefficient (Wildman–Crippen LogP) is 4.15. The van der Waals surface area contributed by atoms with Gasteiger partial charge >= 0.3 is 0 Å². The van der Waals surface area contributed by atoms with Crippen LogP contribution in [0.1, 0.15) is 48.4 Å². The number of carbonyl (C=O) groups excluding carboxylic acids is 1. The van der Waals surface area contributed by atoms with E-state index in [1.165, 1.54) is 27.8 Å².